The molecular formula is C21H24N2O4. The molecule has 2 heterocycles. The lowest BCUT2D eigenvalue weighted by Crippen LogP contribution is -2.41. The van der Waals surface area contributed by atoms with Gasteiger partial charge in [0, 0.05) is 12.2 Å². The van der Waals surface area contributed by atoms with E-state index in [4.69, 9.17) is 14.2 Å². The van der Waals surface area contributed by atoms with Crippen molar-refractivity contribution in [2.45, 2.75) is 32.6 Å². The van der Waals surface area contributed by atoms with Crippen molar-refractivity contribution < 1.29 is 19.0 Å². The summed E-state index contributed by atoms with van der Waals surface area (Å²) in [5.74, 6) is 1.41. The standard InChI is InChI=1S/C21H24N2O4/c1-13-18-10-20(26-3)19(25-2)9-14(18)6-7-23(13)21(24)22-17-5-4-15-11-27-12-16(15)8-17/h4-5,8-10,13H,6-7,11-12H2,1-3H3,(H,22,24)/t13-/m0/s1. The summed E-state index contributed by atoms with van der Waals surface area (Å²) in [5, 5.41) is 3.03. The monoisotopic (exact) mass is 368 g/mol. The number of benzene rings is 2. The Bertz CT molecular complexity index is 881. The van der Waals surface area contributed by atoms with Crippen molar-refractivity contribution in [3.63, 3.8) is 0 Å². The molecule has 1 atom stereocenters. The van der Waals surface area contributed by atoms with Crippen LogP contribution in [0.3, 0.4) is 0 Å². The van der Waals surface area contributed by atoms with Gasteiger partial charge in [-0.3, -0.25) is 0 Å². The van der Waals surface area contributed by atoms with Crippen LogP contribution in [0.15, 0.2) is 30.3 Å². The predicted molar refractivity (Wildman–Crippen MR) is 102 cm³/mol. The number of carbonyl (C=O) groups is 1. The van der Waals surface area contributed by atoms with E-state index in [2.05, 4.69) is 5.32 Å². The van der Waals surface area contributed by atoms with Crippen LogP contribution in [0, 0.1) is 0 Å². The van der Waals surface area contributed by atoms with Gasteiger partial charge < -0.3 is 24.4 Å². The third kappa shape index (κ3) is 3.21. The normalized spacial score (nSPS) is 17.9. The molecule has 0 saturated carbocycles. The summed E-state index contributed by atoms with van der Waals surface area (Å²) in [6.45, 7) is 3.95. The molecule has 0 saturated heterocycles. The van der Waals surface area contributed by atoms with Gasteiger partial charge in [-0.05, 0) is 59.9 Å². The van der Waals surface area contributed by atoms with Crippen LogP contribution in [0.25, 0.3) is 0 Å². The van der Waals surface area contributed by atoms with Crippen LogP contribution in [0.1, 0.15) is 35.2 Å². The Kier molecular flexibility index (Phi) is 4.66. The minimum atomic E-state index is -0.0956. The topological polar surface area (TPSA) is 60.0 Å². The van der Waals surface area contributed by atoms with E-state index < -0.39 is 0 Å². The highest BCUT2D eigenvalue weighted by Gasteiger charge is 2.29. The van der Waals surface area contributed by atoms with Gasteiger partial charge in [0.25, 0.3) is 0 Å². The van der Waals surface area contributed by atoms with Crippen molar-refractivity contribution in [1.82, 2.24) is 4.90 Å². The van der Waals surface area contributed by atoms with Gasteiger partial charge in [-0.2, -0.15) is 0 Å². The predicted octanol–water partition coefficient (Wildman–Crippen LogP) is 3.89. The summed E-state index contributed by atoms with van der Waals surface area (Å²) in [7, 11) is 3.26. The van der Waals surface area contributed by atoms with E-state index in [1.54, 1.807) is 14.2 Å². The largest absolute Gasteiger partial charge is 0.493 e. The van der Waals surface area contributed by atoms with Crippen molar-refractivity contribution in [3.8, 4) is 11.5 Å². The molecule has 0 fully saturated rings. The molecule has 2 aliphatic rings. The molecule has 2 amide bonds. The molecule has 0 radical (unpaired) electrons. The van der Waals surface area contributed by atoms with Crippen molar-refractivity contribution in [3.05, 3.63) is 52.6 Å². The van der Waals surface area contributed by atoms with Gasteiger partial charge in [0.15, 0.2) is 11.5 Å². The molecule has 0 spiro atoms. The van der Waals surface area contributed by atoms with Crippen molar-refractivity contribution in [2.75, 3.05) is 26.1 Å². The Labute approximate surface area is 159 Å². The summed E-state index contributed by atoms with van der Waals surface area (Å²) >= 11 is 0. The van der Waals surface area contributed by atoms with Crippen LogP contribution in [0.4, 0.5) is 10.5 Å². The fraction of sp³-hybridized carbons (Fsp3) is 0.381. The zero-order chi connectivity index (χ0) is 19.0. The highest BCUT2D eigenvalue weighted by atomic mass is 16.5. The minimum absolute atomic E-state index is 0.0497. The number of hydrogen-bond acceptors (Lipinski definition) is 4. The fourth-order valence-electron chi connectivity index (χ4n) is 3.87. The minimum Gasteiger partial charge on any atom is -0.493 e. The number of fused-ring (bicyclic) bond motifs is 2. The number of methoxy groups -OCH3 is 2. The summed E-state index contributed by atoms with van der Waals surface area (Å²) in [6, 6.07) is 9.79. The fourth-order valence-corrected chi connectivity index (χ4v) is 3.87. The summed E-state index contributed by atoms with van der Waals surface area (Å²) in [4.78, 5) is 14.8. The molecule has 142 valence electrons. The first-order valence-corrected chi connectivity index (χ1v) is 9.12. The zero-order valence-corrected chi connectivity index (χ0v) is 15.9. The smallest absolute Gasteiger partial charge is 0.322 e. The molecule has 6 heteroatoms. The Hall–Kier alpha value is -2.73. The number of ether oxygens (including phenoxy) is 3. The third-order valence-corrected chi connectivity index (χ3v) is 5.42. The van der Waals surface area contributed by atoms with Gasteiger partial charge in [0.1, 0.15) is 0 Å². The second-order valence-electron chi connectivity index (χ2n) is 6.93. The highest BCUT2D eigenvalue weighted by Crippen LogP contribution is 2.38. The van der Waals surface area contributed by atoms with Crippen LogP contribution in [0.2, 0.25) is 0 Å². The number of nitrogens with one attached hydrogen (secondary N) is 1. The maximum absolute atomic E-state index is 12.9. The molecule has 0 aliphatic carbocycles. The number of rotatable bonds is 3. The Balaban J connectivity index is 1.54. The first-order chi connectivity index (χ1) is 13.1. The van der Waals surface area contributed by atoms with Gasteiger partial charge in [-0.15, -0.1) is 0 Å². The van der Waals surface area contributed by atoms with Crippen molar-refractivity contribution in [2.24, 2.45) is 0 Å². The molecule has 2 aliphatic heterocycles. The van der Waals surface area contributed by atoms with Crippen LogP contribution in [0.5, 0.6) is 11.5 Å². The molecule has 0 aromatic heterocycles. The summed E-state index contributed by atoms with van der Waals surface area (Å²) in [5.41, 5.74) is 5.42. The highest BCUT2D eigenvalue weighted by molar-refractivity contribution is 5.90. The first-order valence-electron chi connectivity index (χ1n) is 9.12. The zero-order valence-electron chi connectivity index (χ0n) is 15.9. The van der Waals surface area contributed by atoms with E-state index in [0.29, 0.717) is 25.5 Å². The lowest BCUT2D eigenvalue weighted by molar-refractivity contribution is 0.134. The summed E-state index contributed by atoms with van der Waals surface area (Å²) < 4.78 is 16.3. The third-order valence-electron chi connectivity index (χ3n) is 5.42. The van der Waals surface area contributed by atoms with Gasteiger partial charge in [-0.25, -0.2) is 4.79 Å². The van der Waals surface area contributed by atoms with Crippen molar-refractivity contribution in [1.29, 1.82) is 0 Å². The molecule has 2 aromatic carbocycles. The van der Waals surface area contributed by atoms with E-state index >= 15 is 0 Å². The molecule has 0 bridgehead atoms. The van der Waals surface area contributed by atoms with Crippen LogP contribution < -0.4 is 14.8 Å². The molecule has 6 nitrogen and oxygen atoms in total. The van der Waals surface area contributed by atoms with E-state index in [1.807, 2.05) is 42.2 Å². The average molecular weight is 368 g/mol. The lowest BCUT2D eigenvalue weighted by atomic mass is 9.93. The maximum atomic E-state index is 12.9. The van der Waals surface area contributed by atoms with Gasteiger partial charge in [-0.1, -0.05) is 6.07 Å². The average Bonchev–Trinajstić information content (AvgIpc) is 3.15. The Morgan fingerprint density at radius 1 is 1.07 bits per heavy atom. The van der Waals surface area contributed by atoms with E-state index in [-0.39, 0.29) is 12.1 Å². The van der Waals surface area contributed by atoms with Crippen LogP contribution in [-0.2, 0) is 24.4 Å². The SMILES string of the molecule is COc1cc2c(cc1OC)[C@H](C)N(C(=O)Nc1ccc3c(c1)COC3)CC2. The maximum Gasteiger partial charge on any atom is 0.322 e. The molecule has 2 aromatic rings. The Morgan fingerprint density at radius 2 is 1.81 bits per heavy atom. The van der Waals surface area contributed by atoms with E-state index in [0.717, 1.165) is 29.0 Å². The second kappa shape index (κ2) is 7.12. The number of urea groups is 1. The van der Waals surface area contributed by atoms with Gasteiger partial charge >= 0.3 is 6.03 Å². The van der Waals surface area contributed by atoms with E-state index in [9.17, 15) is 4.79 Å². The number of anilines is 1. The molecule has 4 rings (SSSR count). The first kappa shape index (κ1) is 17.7. The lowest BCUT2D eigenvalue weighted by Gasteiger charge is -2.35. The van der Waals surface area contributed by atoms with Crippen LogP contribution in [-0.4, -0.2) is 31.7 Å². The van der Waals surface area contributed by atoms with Crippen molar-refractivity contribution >= 4 is 11.7 Å². The Morgan fingerprint density at radius 3 is 2.59 bits per heavy atom. The number of nitrogens with zero attached hydrogens (tertiary/aromatic N) is 1. The molecular weight excluding hydrogens is 344 g/mol. The van der Waals surface area contributed by atoms with Crippen LogP contribution >= 0.6 is 0 Å². The number of amides is 2. The quantitative estimate of drug-likeness (QED) is 0.893. The van der Waals surface area contributed by atoms with Gasteiger partial charge in [0.05, 0.1) is 33.5 Å². The second-order valence-corrected chi connectivity index (χ2v) is 6.93. The number of hydrogen-bond donors (Lipinski definition) is 1. The van der Waals surface area contributed by atoms with Gasteiger partial charge in [0.2, 0.25) is 0 Å². The molecule has 0 unspecified atom stereocenters. The molecule has 1 N–H and O–H groups in total. The van der Waals surface area contributed by atoms with E-state index in [1.165, 1.54) is 11.1 Å². The number of carbonyl (C=O) groups excluding carboxylic acids is 1. The molecule has 27 heavy (non-hydrogen) atoms. The summed E-state index contributed by atoms with van der Waals surface area (Å²) in [6.07, 6.45) is 0.783.